The van der Waals surface area contributed by atoms with E-state index in [4.69, 9.17) is 10.8 Å². The van der Waals surface area contributed by atoms with E-state index in [1.807, 2.05) is 24.3 Å². The first-order valence-corrected chi connectivity index (χ1v) is 5.95. The Bertz CT molecular complexity index is 594. The Morgan fingerprint density at radius 3 is 2.58 bits per heavy atom. The molecule has 0 aliphatic carbocycles. The molecular weight excluding hydrogens is 242 g/mol. The smallest absolute Gasteiger partial charge is 0.337 e. The highest BCUT2D eigenvalue weighted by Gasteiger charge is 2.07. The summed E-state index contributed by atoms with van der Waals surface area (Å²) in [7, 11) is 0. The van der Waals surface area contributed by atoms with Crippen molar-refractivity contribution in [3.63, 3.8) is 0 Å². The van der Waals surface area contributed by atoms with Gasteiger partial charge in [-0.25, -0.2) is 9.78 Å². The Hall–Kier alpha value is -2.56. The third-order valence-electron chi connectivity index (χ3n) is 2.79. The van der Waals surface area contributed by atoms with Gasteiger partial charge in [0.15, 0.2) is 5.82 Å². The molecular formula is C14H15N3O2. The van der Waals surface area contributed by atoms with Crippen LogP contribution in [-0.4, -0.2) is 16.1 Å². The van der Waals surface area contributed by atoms with Crippen molar-refractivity contribution >= 4 is 23.2 Å². The Morgan fingerprint density at radius 2 is 2.05 bits per heavy atom. The van der Waals surface area contributed by atoms with Crippen molar-refractivity contribution in [1.82, 2.24) is 4.98 Å². The van der Waals surface area contributed by atoms with Crippen molar-refractivity contribution in [1.29, 1.82) is 0 Å². The highest BCUT2D eigenvalue weighted by atomic mass is 16.4. The van der Waals surface area contributed by atoms with E-state index in [2.05, 4.69) is 17.2 Å². The molecule has 2 aromatic rings. The maximum atomic E-state index is 10.8. The Morgan fingerprint density at radius 1 is 1.37 bits per heavy atom. The Balaban J connectivity index is 2.20. The maximum Gasteiger partial charge on any atom is 0.337 e. The first-order valence-electron chi connectivity index (χ1n) is 5.95. The second-order valence-corrected chi connectivity index (χ2v) is 4.14. The van der Waals surface area contributed by atoms with Crippen molar-refractivity contribution in [2.75, 3.05) is 11.1 Å². The van der Waals surface area contributed by atoms with Gasteiger partial charge in [0.1, 0.15) is 0 Å². The number of aryl methyl sites for hydroxylation is 1. The van der Waals surface area contributed by atoms with Crippen LogP contribution in [0.2, 0.25) is 0 Å². The number of nitrogen functional groups attached to an aromatic ring is 1. The van der Waals surface area contributed by atoms with Crippen LogP contribution in [0.25, 0.3) is 0 Å². The third kappa shape index (κ3) is 3.01. The molecule has 0 radical (unpaired) electrons. The van der Waals surface area contributed by atoms with Crippen LogP contribution in [0.4, 0.5) is 17.2 Å². The lowest BCUT2D eigenvalue weighted by molar-refractivity contribution is 0.0696. The monoisotopic (exact) mass is 257 g/mol. The largest absolute Gasteiger partial charge is 0.478 e. The zero-order valence-electron chi connectivity index (χ0n) is 10.6. The van der Waals surface area contributed by atoms with E-state index in [0.29, 0.717) is 11.5 Å². The number of aromatic carboxylic acids is 1. The molecule has 5 heteroatoms. The molecule has 19 heavy (non-hydrogen) atoms. The van der Waals surface area contributed by atoms with Gasteiger partial charge in [-0.05, 0) is 30.2 Å². The number of carboxylic acids is 1. The van der Waals surface area contributed by atoms with Gasteiger partial charge in [-0.1, -0.05) is 19.1 Å². The molecule has 4 N–H and O–H groups in total. The molecule has 5 nitrogen and oxygen atoms in total. The van der Waals surface area contributed by atoms with E-state index in [0.717, 1.165) is 12.1 Å². The highest BCUT2D eigenvalue weighted by Crippen LogP contribution is 2.21. The molecule has 0 unspecified atom stereocenters. The summed E-state index contributed by atoms with van der Waals surface area (Å²) in [5.74, 6) is -0.590. The van der Waals surface area contributed by atoms with Crippen LogP contribution < -0.4 is 11.1 Å². The number of carboxylic acid groups (broad SMARTS) is 1. The van der Waals surface area contributed by atoms with E-state index in [9.17, 15) is 4.79 Å². The molecule has 1 heterocycles. The van der Waals surface area contributed by atoms with Crippen LogP contribution >= 0.6 is 0 Å². The van der Waals surface area contributed by atoms with E-state index >= 15 is 0 Å². The second kappa shape index (κ2) is 5.39. The van der Waals surface area contributed by atoms with Gasteiger partial charge in [0.05, 0.1) is 11.3 Å². The fourth-order valence-electron chi connectivity index (χ4n) is 1.66. The van der Waals surface area contributed by atoms with Gasteiger partial charge in [0, 0.05) is 11.9 Å². The van der Waals surface area contributed by atoms with Crippen LogP contribution in [0, 0.1) is 0 Å². The van der Waals surface area contributed by atoms with E-state index in [1.165, 1.54) is 17.8 Å². The molecule has 0 atom stereocenters. The van der Waals surface area contributed by atoms with E-state index < -0.39 is 5.97 Å². The van der Waals surface area contributed by atoms with Gasteiger partial charge < -0.3 is 16.2 Å². The fourth-order valence-corrected chi connectivity index (χ4v) is 1.66. The lowest BCUT2D eigenvalue weighted by Gasteiger charge is -2.09. The number of pyridine rings is 1. The van der Waals surface area contributed by atoms with Gasteiger partial charge in [-0.15, -0.1) is 0 Å². The molecule has 0 aliphatic rings. The van der Waals surface area contributed by atoms with Crippen LogP contribution in [0.15, 0.2) is 36.5 Å². The topological polar surface area (TPSA) is 88.2 Å². The van der Waals surface area contributed by atoms with Crippen molar-refractivity contribution in [3.05, 3.63) is 47.7 Å². The molecule has 0 spiro atoms. The van der Waals surface area contributed by atoms with Gasteiger partial charge in [-0.3, -0.25) is 0 Å². The summed E-state index contributed by atoms with van der Waals surface area (Å²) in [6.45, 7) is 2.09. The average Bonchev–Trinajstić information content (AvgIpc) is 2.41. The van der Waals surface area contributed by atoms with E-state index in [1.54, 1.807) is 0 Å². The van der Waals surface area contributed by atoms with Crippen molar-refractivity contribution < 1.29 is 9.90 Å². The second-order valence-electron chi connectivity index (χ2n) is 4.14. The zero-order valence-corrected chi connectivity index (χ0v) is 10.6. The summed E-state index contributed by atoms with van der Waals surface area (Å²) in [6.07, 6.45) is 2.26. The number of nitrogens with one attached hydrogen (secondary N) is 1. The molecule has 0 aliphatic heterocycles. The predicted octanol–water partition coefficient (Wildman–Crippen LogP) is 2.67. The summed E-state index contributed by atoms with van der Waals surface area (Å²) in [5, 5.41) is 11.9. The number of hydrogen-bond donors (Lipinski definition) is 3. The minimum Gasteiger partial charge on any atom is -0.478 e. The Kier molecular flexibility index (Phi) is 3.66. The number of anilines is 3. The summed E-state index contributed by atoms with van der Waals surface area (Å²) in [5.41, 5.74) is 8.26. The van der Waals surface area contributed by atoms with Gasteiger partial charge in [-0.2, -0.15) is 0 Å². The third-order valence-corrected chi connectivity index (χ3v) is 2.79. The van der Waals surface area contributed by atoms with Crippen molar-refractivity contribution in [2.45, 2.75) is 13.3 Å². The molecule has 0 bridgehead atoms. The number of carbonyl (C=O) groups is 1. The molecule has 1 aromatic heterocycles. The number of nitrogens with zero attached hydrogens (tertiary/aromatic N) is 1. The first kappa shape index (κ1) is 12.9. The molecule has 1 aromatic carbocycles. The first-order chi connectivity index (χ1) is 9.10. The summed E-state index contributed by atoms with van der Waals surface area (Å²) in [6, 6.07) is 9.29. The quantitative estimate of drug-likeness (QED) is 0.783. The lowest BCUT2D eigenvalue weighted by Crippen LogP contribution is -2.03. The molecule has 0 fully saturated rings. The van der Waals surface area contributed by atoms with Crippen LogP contribution in [0.3, 0.4) is 0 Å². The highest BCUT2D eigenvalue weighted by molar-refractivity contribution is 5.89. The standard InChI is InChI=1S/C14H15N3O2/c1-2-9-3-5-11(6-4-9)17-13-12(15)7-10(8-16-13)14(18)19/h3-8H,2,15H2,1H3,(H,16,17)(H,18,19). The van der Waals surface area contributed by atoms with Crippen LogP contribution in [-0.2, 0) is 6.42 Å². The molecule has 2 rings (SSSR count). The summed E-state index contributed by atoms with van der Waals surface area (Å²) in [4.78, 5) is 14.8. The molecule has 0 saturated carbocycles. The zero-order chi connectivity index (χ0) is 13.8. The van der Waals surface area contributed by atoms with Gasteiger partial charge >= 0.3 is 5.97 Å². The summed E-state index contributed by atoms with van der Waals surface area (Å²) >= 11 is 0. The molecule has 98 valence electrons. The lowest BCUT2D eigenvalue weighted by atomic mass is 10.1. The fraction of sp³-hybridized carbons (Fsp3) is 0.143. The number of aromatic nitrogens is 1. The minimum atomic E-state index is -1.04. The number of rotatable bonds is 4. The number of nitrogens with two attached hydrogens (primary N) is 1. The predicted molar refractivity (Wildman–Crippen MR) is 74.7 cm³/mol. The Labute approximate surface area is 111 Å². The maximum absolute atomic E-state index is 10.8. The number of benzene rings is 1. The number of hydrogen-bond acceptors (Lipinski definition) is 4. The average molecular weight is 257 g/mol. The van der Waals surface area contributed by atoms with Crippen LogP contribution in [0.5, 0.6) is 0 Å². The van der Waals surface area contributed by atoms with Crippen molar-refractivity contribution in [2.24, 2.45) is 0 Å². The minimum absolute atomic E-state index is 0.0735. The van der Waals surface area contributed by atoms with Crippen molar-refractivity contribution in [3.8, 4) is 0 Å². The molecule has 0 saturated heterocycles. The van der Waals surface area contributed by atoms with E-state index in [-0.39, 0.29) is 5.56 Å². The van der Waals surface area contributed by atoms with Gasteiger partial charge in [0.2, 0.25) is 0 Å². The van der Waals surface area contributed by atoms with Gasteiger partial charge in [0.25, 0.3) is 0 Å². The molecule has 0 amide bonds. The SMILES string of the molecule is CCc1ccc(Nc2ncc(C(=O)O)cc2N)cc1. The normalized spacial score (nSPS) is 10.2. The summed E-state index contributed by atoms with van der Waals surface area (Å²) < 4.78 is 0. The van der Waals surface area contributed by atoms with Crippen LogP contribution in [0.1, 0.15) is 22.8 Å².